The van der Waals surface area contributed by atoms with Crippen LogP contribution in [-0.4, -0.2) is 39.9 Å². The third-order valence-corrected chi connectivity index (χ3v) is 7.72. The van der Waals surface area contributed by atoms with Gasteiger partial charge in [-0.25, -0.2) is 4.39 Å². The van der Waals surface area contributed by atoms with Crippen molar-refractivity contribution in [3.63, 3.8) is 0 Å². The summed E-state index contributed by atoms with van der Waals surface area (Å²) in [5, 5.41) is 6.93. The topological polar surface area (TPSA) is 49.0 Å². The van der Waals surface area contributed by atoms with Crippen LogP contribution in [0.5, 0.6) is 0 Å². The molecule has 1 aromatic carbocycles. The number of amides is 1. The molecule has 4 nitrogen and oxygen atoms in total. The number of hydrogen-bond acceptors (Lipinski definition) is 2. The van der Waals surface area contributed by atoms with Gasteiger partial charge in [-0.1, -0.05) is 18.2 Å². The third kappa shape index (κ3) is 3.41. The van der Waals surface area contributed by atoms with E-state index in [2.05, 4.69) is 10.2 Å². The first kappa shape index (κ1) is 23.2. The van der Waals surface area contributed by atoms with Crippen molar-refractivity contribution in [2.24, 2.45) is 11.8 Å². The summed E-state index contributed by atoms with van der Waals surface area (Å²) in [6.07, 6.45) is -8.02. The summed E-state index contributed by atoms with van der Waals surface area (Å²) in [4.78, 5) is 15.1. The normalized spacial score (nSPS) is 25.0. The van der Waals surface area contributed by atoms with E-state index in [0.29, 0.717) is 62.0 Å². The maximum atomic E-state index is 14.5. The summed E-state index contributed by atoms with van der Waals surface area (Å²) >= 11 is 0. The zero-order valence-corrected chi connectivity index (χ0v) is 17.9. The summed E-state index contributed by atoms with van der Waals surface area (Å²) in [6.45, 7) is 1.03. The van der Waals surface area contributed by atoms with E-state index in [4.69, 9.17) is 0 Å². The van der Waals surface area contributed by atoms with Gasteiger partial charge in [0, 0.05) is 42.2 Å². The molecule has 1 N–H and O–H groups in total. The fourth-order valence-electron chi connectivity index (χ4n) is 6.02. The minimum absolute atomic E-state index is 0.0244. The van der Waals surface area contributed by atoms with Crippen molar-refractivity contribution in [2.75, 3.05) is 6.54 Å². The lowest BCUT2D eigenvalue weighted by Crippen LogP contribution is -2.50. The number of rotatable bonds is 2. The van der Waals surface area contributed by atoms with Gasteiger partial charge in [0.1, 0.15) is 0 Å². The maximum Gasteiger partial charge on any atom is 0.435 e. The molecule has 2 aliphatic carbocycles. The number of alkyl halides is 7. The van der Waals surface area contributed by atoms with Crippen LogP contribution in [0.1, 0.15) is 53.1 Å². The van der Waals surface area contributed by atoms with E-state index in [0.717, 1.165) is 11.3 Å². The summed E-state index contributed by atoms with van der Waals surface area (Å²) < 4.78 is 93.6. The van der Waals surface area contributed by atoms with Crippen LogP contribution in [0.25, 0.3) is 0 Å². The summed E-state index contributed by atoms with van der Waals surface area (Å²) in [5.41, 5.74) is -3.97. The second-order valence-corrected chi connectivity index (χ2v) is 9.44. The van der Waals surface area contributed by atoms with Crippen molar-refractivity contribution >= 4 is 5.91 Å². The number of carbonyl (C=O) groups excluding carboxylic acids is 1. The van der Waals surface area contributed by atoms with Gasteiger partial charge in [-0.05, 0) is 48.6 Å². The fourth-order valence-corrected chi connectivity index (χ4v) is 6.02. The van der Waals surface area contributed by atoms with Gasteiger partial charge >= 0.3 is 18.0 Å². The molecule has 1 saturated carbocycles. The SMILES string of the molecule is O=C([C@@H]1CCC2c3ccc(C(F)(C(F)(F)F)C(F)(F)F)cc3CCC21)N1CCc2[nH]ncc2C1. The van der Waals surface area contributed by atoms with E-state index < -0.39 is 23.6 Å². The van der Waals surface area contributed by atoms with E-state index in [9.17, 15) is 35.5 Å². The largest absolute Gasteiger partial charge is 0.435 e. The van der Waals surface area contributed by atoms with Crippen LogP contribution in [-0.2, 0) is 29.8 Å². The second kappa shape index (κ2) is 7.71. The minimum atomic E-state index is -6.13. The molecule has 1 amide bonds. The highest BCUT2D eigenvalue weighted by molar-refractivity contribution is 5.80. The molecule has 1 aromatic heterocycles. The number of benzene rings is 1. The van der Waals surface area contributed by atoms with Gasteiger partial charge in [-0.3, -0.25) is 9.89 Å². The summed E-state index contributed by atoms with van der Waals surface area (Å²) in [7, 11) is 0. The number of aryl methyl sites for hydroxylation is 1. The van der Waals surface area contributed by atoms with Crippen molar-refractivity contribution < 1.29 is 35.5 Å². The zero-order chi connectivity index (χ0) is 24.5. The highest BCUT2D eigenvalue weighted by atomic mass is 19.4. The molecule has 0 radical (unpaired) electrons. The van der Waals surface area contributed by atoms with Crippen LogP contribution in [0.3, 0.4) is 0 Å². The van der Waals surface area contributed by atoms with Crippen molar-refractivity contribution in [2.45, 2.75) is 62.6 Å². The molecule has 2 heterocycles. The molecular formula is C23H22F7N3O. The van der Waals surface area contributed by atoms with Crippen molar-refractivity contribution in [1.82, 2.24) is 15.1 Å². The molecule has 2 aromatic rings. The Kier molecular flexibility index (Phi) is 5.25. The molecule has 3 atom stereocenters. The predicted molar refractivity (Wildman–Crippen MR) is 106 cm³/mol. The summed E-state index contributed by atoms with van der Waals surface area (Å²) in [6, 6.07) is 2.51. The Hall–Kier alpha value is -2.59. The molecule has 34 heavy (non-hydrogen) atoms. The third-order valence-electron chi connectivity index (χ3n) is 7.72. The van der Waals surface area contributed by atoms with Gasteiger partial charge in [0.15, 0.2) is 0 Å². The van der Waals surface area contributed by atoms with Crippen molar-refractivity contribution in [1.29, 1.82) is 0 Å². The number of nitrogens with zero attached hydrogens (tertiary/aromatic N) is 2. The number of nitrogens with one attached hydrogen (secondary N) is 1. The zero-order valence-electron chi connectivity index (χ0n) is 17.9. The Balaban J connectivity index is 1.39. The average molecular weight is 489 g/mol. The predicted octanol–water partition coefficient (Wildman–Crippen LogP) is 5.34. The van der Waals surface area contributed by atoms with E-state index in [-0.39, 0.29) is 30.1 Å². The average Bonchev–Trinajstić information content (AvgIpc) is 3.42. The molecule has 3 aliphatic rings. The Morgan fingerprint density at radius 2 is 1.71 bits per heavy atom. The molecule has 1 aliphatic heterocycles. The molecule has 0 spiro atoms. The smallest absolute Gasteiger partial charge is 0.338 e. The number of aromatic nitrogens is 2. The Labute approximate surface area is 190 Å². The van der Waals surface area contributed by atoms with Crippen LogP contribution in [0.2, 0.25) is 0 Å². The first-order valence-corrected chi connectivity index (χ1v) is 11.2. The molecule has 5 rings (SSSR count). The second-order valence-electron chi connectivity index (χ2n) is 9.44. The number of fused-ring (bicyclic) bond motifs is 4. The lowest BCUT2D eigenvalue weighted by atomic mass is 9.73. The molecule has 2 unspecified atom stereocenters. The standard InChI is InChI=1S/C23H22F7N3O/c24-21(22(25,26)27,23(28,29)30)14-2-4-15-12(9-14)1-3-17-16(15)5-6-18(17)20(34)33-8-7-19-13(11-33)10-31-32-19/h2,4,9-10,16-18H,1,3,5-8,11H2,(H,31,32)/t16?,17?,18-/m1/s1. The van der Waals surface area contributed by atoms with Gasteiger partial charge in [-0.15, -0.1) is 0 Å². The molecular weight excluding hydrogens is 467 g/mol. The van der Waals surface area contributed by atoms with Gasteiger partial charge < -0.3 is 4.90 Å². The van der Waals surface area contributed by atoms with Crippen molar-refractivity contribution in [3.05, 3.63) is 52.3 Å². The molecule has 11 heteroatoms. The molecule has 1 fully saturated rings. The number of H-pyrrole nitrogens is 1. The van der Waals surface area contributed by atoms with Crippen LogP contribution < -0.4 is 0 Å². The van der Waals surface area contributed by atoms with Crippen molar-refractivity contribution in [3.8, 4) is 0 Å². The van der Waals surface area contributed by atoms with Gasteiger partial charge in [0.2, 0.25) is 5.91 Å². The lowest BCUT2D eigenvalue weighted by molar-refractivity contribution is -0.348. The Bertz CT molecular complexity index is 1090. The van der Waals surface area contributed by atoms with Crippen LogP contribution >= 0.6 is 0 Å². The minimum Gasteiger partial charge on any atom is -0.338 e. The first-order chi connectivity index (χ1) is 15.9. The lowest BCUT2D eigenvalue weighted by Gasteiger charge is -2.36. The van der Waals surface area contributed by atoms with Crippen LogP contribution in [0, 0.1) is 11.8 Å². The maximum absolute atomic E-state index is 14.5. The quantitative estimate of drug-likeness (QED) is 0.579. The van der Waals surface area contributed by atoms with E-state index in [1.807, 2.05) is 0 Å². The Morgan fingerprint density at radius 1 is 0.971 bits per heavy atom. The van der Waals surface area contributed by atoms with Gasteiger partial charge in [0.05, 0.1) is 6.20 Å². The molecule has 0 saturated heterocycles. The van der Waals surface area contributed by atoms with E-state index in [1.165, 1.54) is 6.07 Å². The fraction of sp³-hybridized carbons (Fsp3) is 0.565. The van der Waals surface area contributed by atoms with Crippen LogP contribution in [0.4, 0.5) is 30.7 Å². The summed E-state index contributed by atoms with van der Waals surface area (Å²) in [5.74, 6) is -0.419. The van der Waals surface area contributed by atoms with Gasteiger partial charge in [-0.2, -0.15) is 31.4 Å². The first-order valence-electron chi connectivity index (χ1n) is 11.2. The highest BCUT2D eigenvalue weighted by Crippen LogP contribution is 2.55. The van der Waals surface area contributed by atoms with Gasteiger partial charge in [0.25, 0.3) is 0 Å². The number of aromatic amines is 1. The monoisotopic (exact) mass is 489 g/mol. The van der Waals surface area contributed by atoms with E-state index >= 15 is 0 Å². The number of hydrogen-bond donors (Lipinski definition) is 1. The number of carbonyl (C=O) groups is 1. The van der Waals surface area contributed by atoms with Crippen LogP contribution in [0.15, 0.2) is 24.4 Å². The number of halogens is 7. The highest BCUT2D eigenvalue weighted by Gasteiger charge is 2.73. The molecule has 0 bridgehead atoms. The molecule has 184 valence electrons. The Morgan fingerprint density at radius 3 is 2.41 bits per heavy atom. The van der Waals surface area contributed by atoms with E-state index in [1.54, 1.807) is 11.1 Å².